The molecular formula is C14H17BrN2O2. The molecule has 0 spiro atoms. The summed E-state index contributed by atoms with van der Waals surface area (Å²) >= 11 is 3.47. The van der Waals surface area contributed by atoms with E-state index >= 15 is 0 Å². The van der Waals surface area contributed by atoms with Crippen LogP contribution in [-0.2, 0) is 16.0 Å². The number of amides is 1. The molecule has 0 aliphatic carbocycles. The highest BCUT2D eigenvalue weighted by molar-refractivity contribution is 9.10. The van der Waals surface area contributed by atoms with Gasteiger partial charge in [-0.1, -0.05) is 15.9 Å². The van der Waals surface area contributed by atoms with Crippen LogP contribution in [0.2, 0.25) is 0 Å². The number of benzene rings is 1. The van der Waals surface area contributed by atoms with Crippen molar-refractivity contribution in [1.82, 2.24) is 5.32 Å². The van der Waals surface area contributed by atoms with Crippen molar-refractivity contribution in [2.24, 2.45) is 0 Å². The third-order valence-corrected chi connectivity index (χ3v) is 4.14. The zero-order valence-electron chi connectivity index (χ0n) is 10.7. The van der Waals surface area contributed by atoms with E-state index in [1.807, 2.05) is 17.0 Å². The van der Waals surface area contributed by atoms with E-state index in [0.29, 0.717) is 13.0 Å². The Kier molecular flexibility index (Phi) is 3.86. The van der Waals surface area contributed by atoms with E-state index in [-0.39, 0.29) is 12.0 Å². The van der Waals surface area contributed by atoms with Gasteiger partial charge in [-0.15, -0.1) is 0 Å². The van der Waals surface area contributed by atoms with Crippen LogP contribution in [0.25, 0.3) is 0 Å². The first-order valence-corrected chi connectivity index (χ1v) is 7.44. The zero-order chi connectivity index (χ0) is 13.2. The minimum Gasteiger partial charge on any atom is -0.375 e. The molecule has 0 bridgehead atoms. The molecule has 1 N–H and O–H groups in total. The van der Waals surface area contributed by atoms with Gasteiger partial charge in [0, 0.05) is 29.8 Å². The van der Waals surface area contributed by atoms with E-state index in [9.17, 15) is 4.79 Å². The maximum Gasteiger partial charge on any atom is 0.229 e. The summed E-state index contributed by atoms with van der Waals surface area (Å²) in [6.45, 7) is 3.13. The van der Waals surface area contributed by atoms with Crippen molar-refractivity contribution in [3.63, 3.8) is 0 Å². The van der Waals surface area contributed by atoms with Crippen LogP contribution in [0.5, 0.6) is 0 Å². The second kappa shape index (κ2) is 5.61. The number of nitrogens with one attached hydrogen (secondary N) is 1. The number of fused-ring (bicyclic) bond motifs is 1. The summed E-state index contributed by atoms with van der Waals surface area (Å²) in [6, 6.07) is 6.11. The van der Waals surface area contributed by atoms with Gasteiger partial charge in [-0.05, 0) is 30.2 Å². The van der Waals surface area contributed by atoms with Gasteiger partial charge in [-0.3, -0.25) is 4.79 Å². The molecule has 1 amide bonds. The quantitative estimate of drug-likeness (QED) is 0.900. The van der Waals surface area contributed by atoms with E-state index in [4.69, 9.17) is 4.74 Å². The summed E-state index contributed by atoms with van der Waals surface area (Å²) < 4.78 is 6.67. The molecule has 1 saturated heterocycles. The number of rotatable bonds is 2. The molecule has 2 aliphatic rings. The fourth-order valence-corrected chi connectivity index (χ4v) is 3.09. The number of hydrogen-bond acceptors (Lipinski definition) is 3. The summed E-state index contributed by atoms with van der Waals surface area (Å²) in [5.41, 5.74) is 2.29. The fourth-order valence-electron chi connectivity index (χ4n) is 2.69. The summed E-state index contributed by atoms with van der Waals surface area (Å²) in [6.07, 6.45) is 1.41. The Morgan fingerprint density at radius 3 is 3.21 bits per heavy atom. The van der Waals surface area contributed by atoms with Crippen molar-refractivity contribution in [3.8, 4) is 0 Å². The predicted octanol–water partition coefficient (Wildman–Crippen LogP) is 1.72. The lowest BCUT2D eigenvalue weighted by molar-refractivity contribution is -0.121. The van der Waals surface area contributed by atoms with Gasteiger partial charge in [-0.2, -0.15) is 0 Å². The van der Waals surface area contributed by atoms with Crippen molar-refractivity contribution >= 4 is 27.5 Å². The minimum absolute atomic E-state index is 0.0146. The monoisotopic (exact) mass is 324 g/mol. The van der Waals surface area contributed by atoms with Crippen molar-refractivity contribution < 1.29 is 9.53 Å². The lowest BCUT2D eigenvalue weighted by Gasteiger charge is -2.25. The van der Waals surface area contributed by atoms with Crippen LogP contribution < -0.4 is 10.2 Å². The van der Waals surface area contributed by atoms with Gasteiger partial charge < -0.3 is 15.0 Å². The maximum atomic E-state index is 12.4. The van der Waals surface area contributed by atoms with Crippen LogP contribution in [0.3, 0.4) is 0 Å². The molecule has 0 radical (unpaired) electrons. The summed E-state index contributed by atoms with van der Waals surface area (Å²) in [7, 11) is 0. The molecule has 2 aliphatic heterocycles. The van der Waals surface area contributed by atoms with Crippen LogP contribution in [0.4, 0.5) is 5.69 Å². The lowest BCUT2D eigenvalue weighted by Crippen LogP contribution is -2.42. The van der Waals surface area contributed by atoms with E-state index in [1.54, 1.807) is 0 Å². The smallest absolute Gasteiger partial charge is 0.229 e. The number of ether oxygens (including phenoxy) is 1. The maximum absolute atomic E-state index is 12.4. The third kappa shape index (κ3) is 2.83. The number of nitrogens with zero attached hydrogens (tertiary/aromatic N) is 1. The summed E-state index contributed by atoms with van der Waals surface area (Å²) in [5, 5.41) is 3.26. The highest BCUT2D eigenvalue weighted by Crippen LogP contribution is 2.31. The highest BCUT2D eigenvalue weighted by Gasteiger charge is 2.27. The topological polar surface area (TPSA) is 41.6 Å². The van der Waals surface area contributed by atoms with Crippen molar-refractivity contribution in [1.29, 1.82) is 0 Å². The van der Waals surface area contributed by atoms with Crippen LogP contribution in [0.15, 0.2) is 22.7 Å². The molecule has 1 unspecified atom stereocenters. The number of morpholine rings is 1. The Labute approximate surface area is 121 Å². The number of hydrogen-bond donors (Lipinski definition) is 1. The summed E-state index contributed by atoms with van der Waals surface area (Å²) in [4.78, 5) is 14.3. The summed E-state index contributed by atoms with van der Waals surface area (Å²) in [5.74, 6) is 0.162. The lowest BCUT2D eigenvalue weighted by atomic mass is 10.1. The van der Waals surface area contributed by atoms with Gasteiger partial charge >= 0.3 is 0 Å². The normalized spacial score (nSPS) is 22.4. The van der Waals surface area contributed by atoms with E-state index in [1.165, 1.54) is 5.56 Å². The third-order valence-electron chi connectivity index (χ3n) is 3.64. The molecule has 3 rings (SSSR count). The first-order valence-electron chi connectivity index (χ1n) is 6.65. The Morgan fingerprint density at radius 2 is 2.42 bits per heavy atom. The number of anilines is 1. The van der Waals surface area contributed by atoms with Gasteiger partial charge in [-0.25, -0.2) is 0 Å². The van der Waals surface area contributed by atoms with Crippen LogP contribution in [0.1, 0.15) is 12.0 Å². The molecule has 1 aromatic carbocycles. The molecule has 0 aromatic heterocycles. The first-order chi connectivity index (χ1) is 9.24. The molecule has 1 aromatic rings. The van der Waals surface area contributed by atoms with Crippen LogP contribution in [-0.4, -0.2) is 38.3 Å². The number of halogens is 1. The Morgan fingerprint density at radius 1 is 1.53 bits per heavy atom. The Bertz CT molecular complexity index is 486. The van der Waals surface area contributed by atoms with Gasteiger partial charge in [0.05, 0.1) is 19.1 Å². The second-order valence-electron chi connectivity index (χ2n) is 4.97. The molecular weight excluding hydrogens is 308 g/mol. The standard InChI is InChI=1S/C14H17BrN2O2/c15-11-1-2-13-10(7-11)3-5-17(13)14(18)8-12-9-16-4-6-19-12/h1-2,7,12,16H,3-6,8-9H2. The molecule has 5 heteroatoms. The SMILES string of the molecule is O=C(CC1CNCCO1)N1CCc2cc(Br)ccc21. The van der Waals surface area contributed by atoms with E-state index < -0.39 is 0 Å². The van der Waals surface area contributed by atoms with Crippen LogP contribution >= 0.6 is 15.9 Å². The Balaban J connectivity index is 1.69. The first kappa shape index (κ1) is 13.1. The number of carbonyl (C=O) groups is 1. The molecule has 1 fully saturated rings. The highest BCUT2D eigenvalue weighted by atomic mass is 79.9. The Hall–Kier alpha value is -0.910. The minimum atomic E-state index is 0.0146. The molecule has 102 valence electrons. The van der Waals surface area contributed by atoms with Gasteiger partial charge in [0.2, 0.25) is 5.91 Å². The van der Waals surface area contributed by atoms with Crippen molar-refractivity contribution in [2.75, 3.05) is 31.1 Å². The van der Waals surface area contributed by atoms with Crippen molar-refractivity contribution in [2.45, 2.75) is 18.9 Å². The molecule has 4 nitrogen and oxygen atoms in total. The van der Waals surface area contributed by atoms with Gasteiger partial charge in [0.15, 0.2) is 0 Å². The number of carbonyl (C=O) groups excluding carboxylic acids is 1. The van der Waals surface area contributed by atoms with Gasteiger partial charge in [0.25, 0.3) is 0 Å². The zero-order valence-corrected chi connectivity index (χ0v) is 12.3. The average molecular weight is 325 g/mol. The van der Waals surface area contributed by atoms with Crippen LogP contribution in [0, 0.1) is 0 Å². The van der Waals surface area contributed by atoms with E-state index in [0.717, 1.165) is 36.2 Å². The van der Waals surface area contributed by atoms with Crippen molar-refractivity contribution in [3.05, 3.63) is 28.2 Å². The molecule has 0 saturated carbocycles. The van der Waals surface area contributed by atoms with E-state index in [2.05, 4.69) is 27.3 Å². The molecule has 19 heavy (non-hydrogen) atoms. The fraction of sp³-hybridized carbons (Fsp3) is 0.500. The van der Waals surface area contributed by atoms with Gasteiger partial charge in [0.1, 0.15) is 0 Å². The largest absolute Gasteiger partial charge is 0.375 e. The second-order valence-corrected chi connectivity index (χ2v) is 5.89. The molecule has 2 heterocycles. The molecule has 1 atom stereocenters. The average Bonchev–Trinajstić information content (AvgIpc) is 2.82. The predicted molar refractivity (Wildman–Crippen MR) is 77.4 cm³/mol.